The molecule has 0 spiro atoms. The molecule has 6 nitrogen and oxygen atoms in total. The number of hydrogen-bond acceptors (Lipinski definition) is 6. The van der Waals surface area contributed by atoms with Crippen LogP contribution in [0, 0.1) is 0 Å². The first-order valence-electron chi connectivity index (χ1n) is 6.94. The lowest BCUT2D eigenvalue weighted by Gasteiger charge is -2.03. The molecule has 0 bridgehead atoms. The first kappa shape index (κ1) is 13.8. The Balaban J connectivity index is 1.75. The van der Waals surface area contributed by atoms with Crippen LogP contribution in [0.3, 0.4) is 0 Å². The number of fused-ring (bicyclic) bond motifs is 1. The zero-order valence-electron chi connectivity index (χ0n) is 12.0. The van der Waals surface area contributed by atoms with Crippen molar-refractivity contribution in [1.29, 1.82) is 0 Å². The summed E-state index contributed by atoms with van der Waals surface area (Å²) in [6, 6.07) is 5.95. The molecule has 0 unspecified atom stereocenters. The van der Waals surface area contributed by atoms with E-state index in [1.165, 1.54) is 0 Å². The van der Waals surface area contributed by atoms with Gasteiger partial charge in [0.2, 0.25) is 0 Å². The van der Waals surface area contributed by atoms with E-state index in [0.29, 0.717) is 13.2 Å². The summed E-state index contributed by atoms with van der Waals surface area (Å²) in [5, 5.41) is 12.2. The Labute approximate surface area is 126 Å². The van der Waals surface area contributed by atoms with Crippen LogP contribution in [-0.4, -0.2) is 26.4 Å². The van der Waals surface area contributed by atoms with Crippen LogP contribution in [0.2, 0.25) is 0 Å². The van der Waals surface area contributed by atoms with Gasteiger partial charge in [0.15, 0.2) is 11.0 Å². The number of thiazole rings is 1. The van der Waals surface area contributed by atoms with Gasteiger partial charge in [-0.05, 0) is 32.0 Å². The van der Waals surface area contributed by atoms with Crippen LogP contribution in [0.1, 0.15) is 19.7 Å². The first-order chi connectivity index (χ1) is 10.3. The molecular weight excluding hydrogens is 286 g/mol. The van der Waals surface area contributed by atoms with Crippen LogP contribution in [-0.2, 0) is 13.1 Å². The van der Waals surface area contributed by atoms with Crippen LogP contribution in [0.5, 0.6) is 5.75 Å². The monoisotopic (exact) mass is 303 g/mol. The summed E-state index contributed by atoms with van der Waals surface area (Å²) >= 11 is 1.61. The van der Waals surface area contributed by atoms with Crippen molar-refractivity contribution in [2.24, 2.45) is 0 Å². The largest absolute Gasteiger partial charge is 0.494 e. The molecule has 3 rings (SSSR count). The highest BCUT2D eigenvalue weighted by Gasteiger charge is 2.07. The van der Waals surface area contributed by atoms with Crippen molar-refractivity contribution in [2.45, 2.75) is 26.9 Å². The second kappa shape index (κ2) is 6.09. The van der Waals surface area contributed by atoms with E-state index in [1.54, 1.807) is 17.7 Å². The van der Waals surface area contributed by atoms with E-state index in [4.69, 9.17) is 4.74 Å². The minimum Gasteiger partial charge on any atom is -0.494 e. The predicted octanol–water partition coefficient (Wildman–Crippen LogP) is 2.92. The second-order valence-electron chi connectivity index (χ2n) is 4.47. The number of nitrogens with zero attached hydrogens (tertiary/aromatic N) is 4. The van der Waals surface area contributed by atoms with Gasteiger partial charge < -0.3 is 14.6 Å². The maximum absolute atomic E-state index is 5.51. The Morgan fingerprint density at radius 1 is 1.33 bits per heavy atom. The number of anilines is 1. The topological polar surface area (TPSA) is 64.9 Å². The van der Waals surface area contributed by atoms with Crippen LogP contribution in [0.15, 0.2) is 24.5 Å². The zero-order chi connectivity index (χ0) is 14.7. The number of benzene rings is 1. The highest BCUT2D eigenvalue weighted by molar-refractivity contribution is 7.22. The molecule has 0 saturated heterocycles. The summed E-state index contributed by atoms with van der Waals surface area (Å²) in [6.45, 7) is 6.20. The van der Waals surface area contributed by atoms with Gasteiger partial charge in [-0.2, -0.15) is 0 Å². The standard InChI is InChI=1S/C14H17N5OS/c1-3-19-9-16-18-13(19)8-15-14-17-11-6-5-10(20-4-2)7-12(11)21-14/h5-7,9H,3-4,8H2,1-2H3,(H,15,17). The minimum atomic E-state index is 0.617. The number of aryl methyl sites for hydroxylation is 1. The fraction of sp³-hybridized carbons (Fsp3) is 0.357. The number of ether oxygens (including phenoxy) is 1. The van der Waals surface area contributed by atoms with Gasteiger partial charge in [0.05, 0.1) is 23.4 Å². The van der Waals surface area contributed by atoms with Crippen molar-refractivity contribution >= 4 is 26.7 Å². The smallest absolute Gasteiger partial charge is 0.184 e. The normalized spacial score (nSPS) is 11.0. The lowest BCUT2D eigenvalue weighted by Crippen LogP contribution is -2.07. The molecule has 0 saturated carbocycles. The summed E-state index contributed by atoms with van der Waals surface area (Å²) in [6.07, 6.45) is 1.74. The molecule has 0 aliphatic heterocycles. The predicted molar refractivity (Wildman–Crippen MR) is 83.8 cm³/mol. The van der Waals surface area contributed by atoms with Crippen molar-refractivity contribution < 1.29 is 4.74 Å². The molecule has 2 heterocycles. The summed E-state index contributed by atoms with van der Waals surface area (Å²) < 4.78 is 8.63. The van der Waals surface area contributed by atoms with E-state index in [0.717, 1.165) is 33.5 Å². The molecule has 0 amide bonds. The van der Waals surface area contributed by atoms with E-state index in [1.807, 2.05) is 29.7 Å². The van der Waals surface area contributed by atoms with E-state index in [-0.39, 0.29) is 0 Å². The Morgan fingerprint density at radius 2 is 2.24 bits per heavy atom. The van der Waals surface area contributed by atoms with Crippen molar-refractivity contribution in [3.8, 4) is 5.75 Å². The Hall–Kier alpha value is -2.15. The molecule has 2 aromatic heterocycles. The lowest BCUT2D eigenvalue weighted by molar-refractivity contribution is 0.341. The molecule has 0 radical (unpaired) electrons. The molecule has 110 valence electrons. The Morgan fingerprint density at radius 3 is 3.05 bits per heavy atom. The van der Waals surface area contributed by atoms with Gasteiger partial charge in [0.1, 0.15) is 12.1 Å². The van der Waals surface area contributed by atoms with Gasteiger partial charge >= 0.3 is 0 Å². The summed E-state index contributed by atoms with van der Waals surface area (Å²) in [5.74, 6) is 1.79. The SMILES string of the molecule is CCOc1ccc2nc(NCc3nncn3CC)sc2c1. The second-order valence-corrected chi connectivity index (χ2v) is 5.50. The fourth-order valence-electron chi connectivity index (χ4n) is 2.07. The van der Waals surface area contributed by atoms with Crippen molar-refractivity contribution in [1.82, 2.24) is 19.7 Å². The molecule has 7 heteroatoms. The maximum Gasteiger partial charge on any atom is 0.184 e. The third kappa shape index (κ3) is 2.97. The molecule has 21 heavy (non-hydrogen) atoms. The highest BCUT2D eigenvalue weighted by atomic mass is 32.1. The van der Waals surface area contributed by atoms with E-state index in [9.17, 15) is 0 Å². The number of aromatic nitrogens is 4. The van der Waals surface area contributed by atoms with Crippen LogP contribution in [0.4, 0.5) is 5.13 Å². The van der Waals surface area contributed by atoms with Crippen LogP contribution < -0.4 is 10.1 Å². The van der Waals surface area contributed by atoms with Crippen LogP contribution in [0.25, 0.3) is 10.2 Å². The lowest BCUT2D eigenvalue weighted by atomic mass is 10.3. The van der Waals surface area contributed by atoms with Crippen molar-refractivity contribution in [3.05, 3.63) is 30.4 Å². The summed E-state index contributed by atoms with van der Waals surface area (Å²) in [5.41, 5.74) is 0.975. The summed E-state index contributed by atoms with van der Waals surface area (Å²) in [7, 11) is 0. The Bertz CT molecular complexity index is 736. The highest BCUT2D eigenvalue weighted by Crippen LogP contribution is 2.29. The van der Waals surface area contributed by atoms with Gasteiger partial charge in [0, 0.05) is 6.54 Å². The third-order valence-corrected chi connectivity index (χ3v) is 4.08. The van der Waals surface area contributed by atoms with Gasteiger partial charge in [-0.1, -0.05) is 11.3 Å². The number of nitrogens with one attached hydrogen (secondary N) is 1. The molecule has 0 aliphatic rings. The molecule has 3 aromatic rings. The summed E-state index contributed by atoms with van der Waals surface area (Å²) in [4.78, 5) is 4.56. The van der Waals surface area contributed by atoms with Crippen molar-refractivity contribution in [2.75, 3.05) is 11.9 Å². The molecular formula is C14H17N5OS. The van der Waals surface area contributed by atoms with E-state index < -0.39 is 0 Å². The van der Waals surface area contributed by atoms with E-state index >= 15 is 0 Å². The number of rotatable bonds is 6. The zero-order valence-corrected chi connectivity index (χ0v) is 12.9. The third-order valence-electron chi connectivity index (χ3n) is 3.11. The quantitative estimate of drug-likeness (QED) is 0.758. The minimum absolute atomic E-state index is 0.617. The van der Waals surface area contributed by atoms with Crippen LogP contribution >= 0.6 is 11.3 Å². The molecule has 0 atom stereocenters. The van der Waals surface area contributed by atoms with Gasteiger partial charge in [-0.15, -0.1) is 10.2 Å². The Kier molecular flexibility index (Phi) is 4.01. The molecule has 1 aromatic carbocycles. The number of hydrogen-bond donors (Lipinski definition) is 1. The fourth-order valence-corrected chi connectivity index (χ4v) is 2.96. The molecule has 1 N–H and O–H groups in total. The van der Waals surface area contributed by atoms with Gasteiger partial charge in [-0.3, -0.25) is 0 Å². The molecule has 0 aliphatic carbocycles. The van der Waals surface area contributed by atoms with Crippen molar-refractivity contribution in [3.63, 3.8) is 0 Å². The molecule has 0 fully saturated rings. The van der Waals surface area contributed by atoms with E-state index in [2.05, 4.69) is 27.4 Å². The average Bonchev–Trinajstić information content (AvgIpc) is 3.10. The van der Waals surface area contributed by atoms with Gasteiger partial charge in [0.25, 0.3) is 0 Å². The average molecular weight is 303 g/mol. The van der Waals surface area contributed by atoms with Gasteiger partial charge in [-0.25, -0.2) is 4.98 Å². The first-order valence-corrected chi connectivity index (χ1v) is 7.75. The maximum atomic E-state index is 5.51.